The number of aldehydes is 1. The van der Waals surface area contributed by atoms with Crippen molar-refractivity contribution in [3.63, 3.8) is 0 Å². The van der Waals surface area contributed by atoms with E-state index in [1.54, 1.807) is 0 Å². The zero-order valence-corrected chi connectivity index (χ0v) is 15.0. The number of benzene rings is 2. The van der Waals surface area contributed by atoms with Crippen molar-refractivity contribution in [2.75, 3.05) is 24.8 Å². The van der Waals surface area contributed by atoms with Gasteiger partial charge >= 0.3 is 0 Å². The number of rotatable bonds is 5. The molecule has 1 N–H and O–H groups in total. The van der Waals surface area contributed by atoms with Crippen molar-refractivity contribution in [3.8, 4) is 11.5 Å². The lowest BCUT2D eigenvalue weighted by atomic mass is 9.95. The van der Waals surface area contributed by atoms with Crippen LogP contribution in [0.15, 0.2) is 42.5 Å². The van der Waals surface area contributed by atoms with Gasteiger partial charge in [0.25, 0.3) is 0 Å². The monoisotopic (exact) mass is 366 g/mol. The molecule has 1 amide bonds. The third-order valence-electron chi connectivity index (χ3n) is 5.16. The van der Waals surface area contributed by atoms with Crippen molar-refractivity contribution in [3.05, 3.63) is 53.6 Å². The van der Waals surface area contributed by atoms with Gasteiger partial charge in [-0.2, -0.15) is 0 Å². The quantitative estimate of drug-likeness (QED) is 0.824. The summed E-state index contributed by atoms with van der Waals surface area (Å²) in [5.74, 6) is 1.61. The number of hydrogen-bond donors (Lipinski definition) is 1. The highest BCUT2D eigenvalue weighted by Crippen LogP contribution is 2.32. The molecular weight excluding hydrogens is 344 g/mol. The first-order chi connectivity index (χ1) is 13.2. The maximum atomic E-state index is 12.5. The van der Waals surface area contributed by atoms with Gasteiger partial charge in [-0.3, -0.25) is 9.59 Å². The molecule has 0 aromatic heterocycles. The first-order valence-corrected chi connectivity index (χ1v) is 9.19. The predicted molar refractivity (Wildman–Crippen MR) is 101 cm³/mol. The zero-order chi connectivity index (χ0) is 18.6. The second-order valence-corrected chi connectivity index (χ2v) is 6.88. The summed E-state index contributed by atoms with van der Waals surface area (Å²) in [6.45, 7) is 2.41. The zero-order valence-electron chi connectivity index (χ0n) is 15.0. The van der Waals surface area contributed by atoms with Crippen LogP contribution < -0.4 is 19.7 Å². The third kappa shape index (κ3) is 3.89. The van der Waals surface area contributed by atoms with E-state index < -0.39 is 0 Å². The molecule has 140 valence electrons. The van der Waals surface area contributed by atoms with Crippen molar-refractivity contribution >= 4 is 17.9 Å². The van der Waals surface area contributed by atoms with Crippen LogP contribution >= 0.6 is 0 Å². The van der Waals surface area contributed by atoms with Gasteiger partial charge in [0.1, 0.15) is 6.29 Å². The van der Waals surface area contributed by atoms with Gasteiger partial charge in [-0.1, -0.05) is 6.07 Å². The van der Waals surface area contributed by atoms with Gasteiger partial charge in [0, 0.05) is 36.8 Å². The van der Waals surface area contributed by atoms with Crippen LogP contribution in [0.2, 0.25) is 0 Å². The molecule has 2 aliphatic heterocycles. The van der Waals surface area contributed by atoms with Gasteiger partial charge < -0.3 is 19.7 Å². The lowest BCUT2D eigenvalue weighted by molar-refractivity contribution is -0.125. The van der Waals surface area contributed by atoms with Crippen LogP contribution in [0.1, 0.15) is 28.8 Å². The van der Waals surface area contributed by atoms with Crippen LogP contribution in [0.5, 0.6) is 11.5 Å². The number of carbonyl (C=O) groups is 2. The molecule has 1 saturated heterocycles. The van der Waals surface area contributed by atoms with Crippen LogP contribution in [0.25, 0.3) is 0 Å². The number of hydrogen-bond acceptors (Lipinski definition) is 5. The molecule has 0 unspecified atom stereocenters. The fraction of sp³-hybridized carbons (Fsp3) is 0.333. The van der Waals surface area contributed by atoms with E-state index in [9.17, 15) is 9.59 Å². The molecule has 6 heteroatoms. The van der Waals surface area contributed by atoms with E-state index in [1.807, 2.05) is 42.5 Å². The number of carbonyl (C=O) groups excluding carboxylic acids is 2. The number of nitrogens with zero attached hydrogens (tertiary/aromatic N) is 1. The number of anilines is 1. The molecule has 0 spiro atoms. The van der Waals surface area contributed by atoms with E-state index >= 15 is 0 Å². The summed E-state index contributed by atoms with van der Waals surface area (Å²) in [5.41, 5.74) is 2.77. The highest BCUT2D eigenvalue weighted by atomic mass is 16.7. The summed E-state index contributed by atoms with van der Waals surface area (Å²) in [4.78, 5) is 25.5. The van der Waals surface area contributed by atoms with Gasteiger partial charge in [-0.05, 0) is 54.8 Å². The molecule has 6 nitrogen and oxygen atoms in total. The normalized spacial score (nSPS) is 16.2. The Kier molecular flexibility index (Phi) is 4.96. The molecule has 0 saturated carbocycles. The Morgan fingerprint density at radius 1 is 1.07 bits per heavy atom. The van der Waals surface area contributed by atoms with Crippen molar-refractivity contribution in [1.82, 2.24) is 5.32 Å². The first-order valence-electron chi connectivity index (χ1n) is 9.19. The molecule has 2 heterocycles. The molecule has 2 aromatic rings. The lowest BCUT2D eigenvalue weighted by Gasteiger charge is -2.33. The third-order valence-corrected chi connectivity index (χ3v) is 5.16. The standard InChI is InChI=1S/C21H22N2O4/c24-13-15-1-4-18(5-2-15)23-9-7-17(8-10-23)21(25)22-12-16-3-6-19-20(11-16)27-14-26-19/h1-6,11,13,17H,7-10,12,14H2,(H,22,25). The summed E-state index contributed by atoms with van der Waals surface area (Å²) in [7, 11) is 0. The van der Waals surface area contributed by atoms with Gasteiger partial charge in [-0.25, -0.2) is 0 Å². The average molecular weight is 366 g/mol. The Balaban J connectivity index is 1.27. The molecule has 2 aliphatic rings. The van der Waals surface area contributed by atoms with E-state index in [4.69, 9.17) is 9.47 Å². The number of ether oxygens (including phenoxy) is 2. The SMILES string of the molecule is O=Cc1ccc(N2CCC(C(=O)NCc3ccc4c(c3)OCO4)CC2)cc1. The Morgan fingerprint density at radius 2 is 1.81 bits per heavy atom. The predicted octanol–water partition coefficient (Wildman–Crippen LogP) is 2.76. The van der Waals surface area contributed by atoms with E-state index in [-0.39, 0.29) is 18.6 Å². The van der Waals surface area contributed by atoms with Crippen molar-refractivity contribution in [1.29, 1.82) is 0 Å². The molecule has 0 aliphatic carbocycles. The summed E-state index contributed by atoms with van der Waals surface area (Å²) >= 11 is 0. The average Bonchev–Trinajstić information content (AvgIpc) is 3.20. The Bertz CT molecular complexity index is 827. The van der Waals surface area contributed by atoms with Crippen molar-refractivity contribution in [2.24, 2.45) is 5.92 Å². The maximum Gasteiger partial charge on any atom is 0.231 e. The minimum Gasteiger partial charge on any atom is -0.454 e. The van der Waals surface area contributed by atoms with Gasteiger partial charge in [0.05, 0.1) is 0 Å². The summed E-state index contributed by atoms with van der Waals surface area (Å²) in [6, 6.07) is 13.3. The molecular formula is C21H22N2O4. The fourth-order valence-electron chi connectivity index (χ4n) is 3.55. The molecule has 4 rings (SSSR count). The maximum absolute atomic E-state index is 12.5. The van der Waals surface area contributed by atoms with Crippen LogP contribution in [-0.4, -0.2) is 32.1 Å². The van der Waals surface area contributed by atoms with Crippen molar-refractivity contribution in [2.45, 2.75) is 19.4 Å². The molecule has 0 bridgehead atoms. The Morgan fingerprint density at radius 3 is 2.56 bits per heavy atom. The lowest BCUT2D eigenvalue weighted by Crippen LogP contribution is -2.40. The van der Waals surface area contributed by atoms with Crippen LogP contribution in [0, 0.1) is 5.92 Å². The number of amides is 1. The van der Waals surface area contributed by atoms with E-state index in [1.165, 1.54) is 0 Å². The molecule has 2 aromatic carbocycles. The van der Waals surface area contributed by atoms with Crippen LogP contribution in [0.4, 0.5) is 5.69 Å². The second kappa shape index (κ2) is 7.70. The Labute approximate surface area is 158 Å². The van der Waals surface area contributed by atoms with E-state index in [0.29, 0.717) is 12.1 Å². The summed E-state index contributed by atoms with van der Waals surface area (Å²) in [6.07, 6.45) is 2.49. The van der Waals surface area contributed by atoms with Gasteiger partial charge in [-0.15, -0.1) is 0 Å². The second-order valence-electron chi connectivity index (χ2n) is 6.88. The minimum absolute atomic E-state index is 0.0320. The smallest absolute Gasteiger partial charge is 0.231 e. The summed E-state index contributed by atoms with van der Waals surface area (Å²) < 4.78 is 10.7. The largest absolute Gasteiger partial charge is 0.454 e. The number of piperidine rings is 1. The summed E-state index contributed by atoms with van der Waals surface area (Å²) in [5, 5.41) is 3.04. The number of fused-ring (bicyclic) bond motifs is 1. The highest BCUT2D eigenvalue weighted by Gasteiger charge is 2.25. The van der Waals surface area contributed by atoms with Gasteiger partial charge in [0.15, 0.2) is 11.5 Å². The van der Waals surface area contributed by atoms with Gasteiger partial charge in [0.2, 0.25) is 12.7 Å². The fourth-order valence-corrected chi connectivity index (χ4v) is 3.55. The van der Waals surface area contributed by atoms with E-state index in [2.05, 4.69) is 10.2 Å². The molecule has 27 heavy (non-hydrogen) atoms. The van der Waals surface area contributed by atoms with E-state index in [0.717, 1.165) is 55.0 Å². The number of nitrogens with one attached hydrogen (secondary N) is 1. The topological polar surface area (TPSA) is 67.9 Å². The molecule has 0 radical (unpaired) electrons. The first kappa shape index (κ1) is 17.4. The van der Waals surface area contributed by atoms with Crippen LogP contribution in [-0.2, 0) is 11.3 Å². The highest BCUT2D eigenvalue weighted by molar-refractivity contribution is 5.79. The minimum atomic E-state index is 0.0320. The molecule has 0 atom stereocenters. The molecule has 1 fully saturated rings. The van der Waals surface area contributed by atoms with Crippen molar-refractivity contribution < 1.29 is 19.1 Å². The van der Waals surface area contributed by atoms with Crippen LogP contribution in [0.3, 0.4) is 0 Å². The Hall–Kier alpha value is -3.02.